The van der Waals surface area contributed by atoms with Gasteiger partial charge in [-0.1, -0.05) is 48.5 Å². The van der Waals surface area contributed by atoms with Crippen LogP contribution in [-0.4, -0.2) is 58.5 Å². The molecule has 2 heterocycles. The van der Waals surface area contributed by atoms with Crippen molar-refractivity contribution in [3.05, 3.63) is 71.3 Å². The Morgan fingerprint density at radius 3 is 2.33 bits per heavy atom. The van der Waals surface area contributed by atoms with Gasteiger partial charge in [-0.25, -0.2) is 14.7 Å². The topological polar surface area (TPSA) is 71.4 Å². The predicted molar refractivity (Wildman–Crippen MR) is 143 cm³/mol. The molecule has 0 aliphatic carbocycles. The number of nitrogens with zero attached hydrogens (tertiary/aromatic N) is 3. The third-order valence-corrected chi connectivity index (χ3v) is 7.18. The maximum atomic E-state index is 14.0. The number of benzene rings is 2. The van der Waals surface area contributed by atoms with Crippen LogP contribution >= 0.6 is 12.2 Å². The lowest BCUT2D eigenvalue weighted by molar-refractivity contribution is -0.148. The van der Waals surface area contributed by atoms with Crippen molar-refractivity contribution in [3.63, 3.8) is 0 Å². The molecule has 2 unspecified atom stereocenters. The second kappa shape index (κ2) is 12.3. The highest BCUT2D eigenvalue weighted by atomic mass is 32.1. The summed E-state index contributed by atoms with van der Waals surface area (Å²) < 4.78 is 53.1. The van der Waals surface area contributed by atoms with Crippen molar-refractivity contribution >= 4 is 35.1 Å². The van der Waals surface area contributed by atoms with Crippen molar-refractivity contribution in [2.45, 2.75) is 51.6 Å². The monoisotopic (exact) mass is 561 g/mol. The van der Waals surface area contributed by atoms with Crippen molar-refractivity contribution < 1.29 is 32.2 Å². The Morgan fingerprint density at radius 2 is 1.69 bits per heavy atom. The van der Waals surface area contributed by atoms with Crippen LogP contribution in [-0.2, 0) is 27.0 Å². The summed E-state index contributed by atoms with van der Waals surface area (Å²) in [6.07, 6.45) is -5.03. The van der Waals surface area contributed by atoms with Crippen LogP contribution < -0.4 is 0 Å². The van der Waals surface area contributed by atoms with Crippen molar-refractivity contribution in [2.24, 2.45) is 10.9 Å². The van der Waals surface area contributed by atoms with Crippen LogP contribution in [0.3, 0.4) is 0 Å². The zero-order chi connectivity index (χ0) is 28.2. The van der Waals surface area contributed by atoms with E-state index in [1.807, 2.05) is 30.3 Å². The van der Waals surface area contributed by atoms with Crippen molar-refractivity contribution in [1.29, 1.82) is 0 Å². The number of thiocarbonyl (C=S) groups is 1. The number of carbonyl (C=O) groups is 2. The smallest absolute Gasteiger partial charge is 0.417 e. The highest BCUT2D eigenvalue weighted by Crippen LogP contribution is 2.42. The summed E-state index contributed by atoms with van der Waals surface area (Å²) in [6, 6.07) is 13.4. The Morgan fingerprint density at radius 1 is 1.05 bits per heavy atom. The molecule has 0 bridgehead atoms. The highest BCUT2D eigenvalue weighted by molar-refractivity contribution is 7.80. The SMILES string of the molecule is CCOC(=O)C1C(C)=NC(=S)N(C(=O)OC2CCN(Cc3ccccc3)CC2)C1c1ccccc1C(F)(F)F. The molecule has 2 aliphatic heterocycles. The molecule has 2 aromatic rings. The molecule has 0 aromatic heterocycles. The summed E-state index contributed by atoms with van der Waals surface area (Å²) in [4.78, 5) is 33.8. The first kappa shape index (κ1) is 28.7. The molecule has 0 spiro atoms. The van der Waals surface area contributed by atoms with E-state index < -0.39 is 41.9 Å². The zero-order valence-electron chi connectivity index (χ0n) is 21.7. The van der Waals surface area contributed by atoms with Crippen molar-refractivity contribution in [1.82, 2.24) is 9.80 Å². The van der Waals surface area contributed by atoms with Gasteiger partial charge in [-0.05, 0) is 56.1 Å². The molecule has 2 aromatic carbocycles. The minimum Gasteiger partial charge on any atom is -0.465 e. The lowest BCUT2D eigenvalue weighted by Gasteiger charge is -2.40. The summed E-state index contributed by atoms with van der Waals surface area (Å²) >= 11 is 5.35. The number of aliphatic imine (C=N–C) groups is 1. The zero-order valence-corrected chi connectivity index (χ0v) is 22.5. The molecule has 0 N–H and O–H groups in total. The predicted octanol–water partition coefficient (Wildman–Crippen LogP) is 5.79. The van der Waals surface area contributed by atoms with Gasteiger partial charge in [0.2, 0.25) is 5.11 Å². The molecular formula is C28H30F3N3O4S. The quantitative estimate of drug-likeness (QED) is 0.329. The number of amides is 1. The Labute approximate surface area is 230 Å². The second-order valence-corrected chi connectivity index (χ2v) is 9.88. The van der Waals surface area contributed by atoms with Gasteiger partial charge < -0.3 is 9.47 Å². The number of hydrogen-bond acceptors (Lipinski definition) is 6. The Bertz CT molecular complexity index is 1230. The largest absolute Gasteiger partial charge is 0.465 e. The van der Waals surface area contributed by atoms with Gasteiger partial charge in [-0.15, -0.1) is 0 Å². The van der Waals surface area contributed by atoms with Crippen LogP contribution in [0.4, 0.5) is 18.0 Å². The summed E-state index contributed by atoms with van der Waals surface area (Å²) in [7, 11) is 0. The van der Waals surface area contributed by atoms with Gasteiger partial charge in [0, 0.05) is 25.3 Å². The molecule has 1 saturated heterocycles. The van der Waals surface area contributed by atoms with E-state index in [4.69, 9.17) is 21.7 Å². The highest BCUT2D eigenvalue weighted by Gasteiger charge is 2.48. The van der Waals surface area contributed by atoms with E-state index in [1.54, 1.807) is 6.92 Å². The lowest BCUT2D eigenvalue weighted by Crippen LogP contribution is -2.51. The number of hydrogen-bond donors (Lipinski definition) is 0. The molecule has 2 atom stereocenters. The van der Waals surface area contributed by atoms with Gasteiger partial charge in [-0.2, -0.15) is 13.2 Å². The van der Waals surface area contributed by atoms with Crippen molar-refractivity contribution in [3.8, 4) is 0 Å². The summed E-state index contributed by atoms with van der Waals surface area (Å²) in [5, 5.41) is -0.262. The molecule has 4 rings (SSSR count). The fraction of sp³-hybridized carbons (Fsp3) is 0.429. The standard InChI is InChI=1S/C28H30F3N3O4S/c1-3-37-25(35)23-18(2)32-26(39)34(24(23)21-11-7-8-12-22(21)28(29,30)31)27(36)38-20-13-15-33(16-14-20)17-19-9-5-4-6-10-19/h4-12,20,23-24H,3,13-17H2,1-2H3. The molecule has 2 aliphatic rings. The van der Waals surface area contributed by atoms with E-state index in [-0.39, 0.29) is 23.0 Å². The third kappa shape index (κ3) is 6.65. The number of rotatable bonds is 6. The summed E-state index contributed by atoms with van der Waals surface area (Å²) in [5.74, 6) is -2.09. The van der Waals surface area contributed by atoms with Gasteiger partial charge in [0.05, 0.1) is 18.2 Å². The van der Waals surface area contributed by atoms with E-state index in [0.717, 1.165) is 17.5 Å². The van der Waals surface area contributed by atoms with Crippen LogP contribution in [0.5, 0.6) is 0 Å². The van der Waals surface area contributed by atoms with Crippen molar-refractivity contribution in [2.75, 3.05) is 19.7 Å². The molecule has 7 nitrogen and oxygen atoms in total. The minimum absolute atomic E-state index is 0.00665. The molecule has 39 heavy (non-hydrogen) atoms. The number of alkyl halides is 3. The van der Waals surface area contributed by atoms with E-state index >= 15 is 0 Å². The second-order valence-electron chi connectivity index (χ2n) is 9.51. The molecule has 208 valence electrons. The third-order valence-electron chi connectivity index (χ3n) is 6.90. The normalized spacial score (nSPS) is 20.9. The lowest BCUT2D eigenvalue weighted by atomic mass is 9.84. The average Bonchev–Trinajstić information content (AvgIpc) is 2.89. The Kier molecular flexibility index (Phi) is 9.01. The van der Waals surface area contributed by atoms with E-state index in [1.165, 1.54) is 30.7 Å². The van der Waals surface area contributed by atoms with Gasteiger partial charge >= 0.3 is 18.2 Å². The van der Waals surface area contributed by atoms with Crippen LogP contribution in [0.2, 0.25) is 0 Å². The number of esters is 1. The summed E-state index contributed by atoms with van der Waals surface area (Å²) in [5.41, 5.74) is 0.0813. The molecule has 1 amide bonds. The molecule has 0 saturated carbocycles. The first-order valence-electron chi connectivity index (χ1n) is 12.8. The number of halogens is 3. The first-order chi connectivity index (χ1) is 18.6. The fourth-order valence-electron chi connectivity index (χ4n) is 5.05. The molecule has 1 fully saturated rings. The van der Waals surface area contributed by atoms with E-state index in [0.29, 0.717) is 25.9 Å². The van der Waals surface area contributed by atoms with Crippen LogP contribution in [0.25, 0.3) is 0 Å². The Hall–Kier alpha value is -3.31. The maximum Gasteiger partial charge on any atom is 0.417 e. The van der Waals surface area contributed by atoms with Gasteiger partial charge in [-0.3, -0.25) is 9.69 Å². The maximum absolute atomic E-state index is 14.0. The van der Waals surface area contributed by atoms with Gasteiger partial charge in [0.15, 0.2) is 0 Å². The van der Waals surface area contributed by atoms with Crippen LogP contribution in [0, 0.1) is 5.92 Å². The number of likely N-dealkylation sites (tertiary alicyclic amines) is 1. The molecule has 11 heteroatoms. The molecule has 0 radical (unpaired) electrons. The van der Waals surface area contributed by atoms with E-state index in [2.05, 4.69) is 9.89 Å². The number of ether oxygens (including phenoxy) is 2. The van der Waals surface area contributed by atoms with Gasteiger partial charge in [0.25, 0.3) is 0 Å². The fourth-order valence-corrected chi connectivity index (χ4v) is 5.38. The molecular weight excluding hydrogens is 531 g/mol. The average molecular weight is 562 g/mol. The van der Waals surface area contributed by atoms with Crippen LogP contribution in [0.1, 0.15) is 49.4 Å². The number of piperidine rings is 1. The van der Waals surface area contributed by atoms with Crippen LogP contribution in [0.15, 0.2) is 59.6 Å². The minimum atomic E-state index is -4.74. The number of carbonyl (C=O) groups excluding carboxylic acids is 2. The van der Waals surface area contributed by atoms with Gasteiger partial charge in [0.1, 0.15) is 12.0 Å². The Balaban J connectivity index is 1.59. The summed E-state index contributed by atoms with van der Waals surface area (Å²) in [6.45, 7) is 5.21. The van der Waals surface area contributed by atoms with E-state index in [9.17, 15) is 22.8 Å². The first-order valence-corrected chi connectivity index (χ1v) is 13.2.